The summed E-state index contributed by atoms with van der Waals surface area (Å²) in [5, 5.41) is 15.8. The van der Waals surface area contributed by atoms with Gasteiger partial charge in [0.25, 0.3) is 0 Å². The van der Waals surface area contributed by atoms with Crippen molar-refractivity contribution < 1.29 is 19.5 Å². The van der Waals surface area contributed by atoms with E-state index in [1.165, 1.54) is 4.90 Å². The maximum absolute atomic E-state index is 13.5. The zero-order chi connectivity index (χ0) is 22.9. The van der Waals surface area contributed by atoms with E-state index in [1.807, 2.05) is 37.3 Å². The van der Waals surface area contributed by atoms with E-state index in [-0.39, 0.29) is 42.2 Å². The van der Waals surface area contributed by atoms with Gasteiger partial charge in [-0.2, -0.15) is 0 Å². The van der Waals surface area contributed by atoms with Crippen LogP contribution in [0.1, 0.15) is 45.1 Å². The number of hydrogen-bond acceptors (Lipinski definition) is 5. The van der Waals surface area contributed by atoms with Gasteiger partial charge in [0.05, 0.1) is 23.2 Å². The van der Waals surface area contributed by atoms with Crippen molar-refractivity contribution in [1.29, 1.82) is 0 Å². The molecule has 3 amide bonds. The number of fused-ring (bicyclic) bond motifs is 1. The minimum absolute atomic E-state index is 0.0163. The molecule has 0 saturated carbocycles. The summed E-state index contributed by atoms with van der Waals surface area (Å²) >= 11 is 1.65. The Morgan fingerprint density at radius 1 is 1.28 bits per heavy atom. The lowest BCUT2D eigenvalue weighted by atomic mass is 9.70. The summed E-state index contributed by atoms with van der Waals surface area (Å²) in [7, 11) is 0. The first-order valence-electron chi connectivity index (χ1n) is 11.6. The molecule has 3 heterocycles. The van der Waals surface area contributed by atoms with Crippen LogP contribution in [-0.2, 0) is 20.9 Å². The number of thioether (sulfide) groups is 1. The van der Waals surface area contributed by atoms with Crippen molar-refractivity contribution in [2.45, 2.75) is 68.2 Å². The molecule has 0 aliphatic carbocycles. The molecule has 3 fully saturated rings. The molecule has 3 saturated heterocycles. The van der Waals surface area contributed by atoms with Crippen molar-refractivity contribution in [2.75, 3.05) is 13.2 Å². The zero-order valence-corrected chi connectivity index (χ0v) is 19.6. The number of aliphatic hydroxyl groups is 1. The Morgan fingerprint density at radius 2 is 2.03 bits per heavy atom. The van der Waals surface area contributed by atoms with Crippen molar-refractivity contribution in [3.05, 3.63) is 35.9 Å². The van der Waals surface area contributed by atoms with Crippen LogP contribution >= 0.6 is 11.8 Å². The van der Waals surface area contributed by atoms with Crippen molar-refractivity contribution in [3.8, 4) is 0 Å². The molecule has 3 aliphatic rings. The molecule has 8 heteroatoms. The lowest BCUT2D eigenvalue weighted by Crippen LogP contribution is -2.55. The van der Waals surface area contributed by atoms with E-state index in [9.17, 15) is 19.5 Å². The monoisotopic (exact) mass is 459 g/mol. The molecular weight excluding hydrogens is 426 g/mol. The van der Waals surface area contributed by atoms with Gasteiger partial charge in [0.15, 0.2) is 0 Å². The third-order valence-electron chi connectivity index (χ3n) is 7.11. The van der Waals surface area contributed by atoms with Crippen molar-refractivity contribution in [1.82, 2.24) is 15.5 Å². The first kappa shape index (κ1) is 23.1. The second-order valence-electron chi connectivity index (χ2n) is 9.21. The normalized spacial score (nSPS) is 31.5. The minimum Gasteiger partial charge on any atom is -0.395 e. The summed E-state index contributed by atoms with van der Waals surface area (Å²) in [6.45, 7) is 4.37. The third kappa shape index (κ3) is 3.92. The lowest BCUT2D eigenvalue weighted by Gasteiger charge is -2.34. The maximum atomic E-state index is 13.5. The van der Waals surface area contributed by atoms with Crippen LogP contribution < -0.4 is 10.6 Å². The molecule has 7 nitrogen and oxygen atoms in total. The number of β-amino-alcohol motifs (C(OH)–C–C–N with tert-alkyl or cyclic N) is 1. The lowest BCUT2D eigenvalue weighted by molar-refractivity contribution is -0.140. The highest BCUT2D eigenvalue weighted by Gasteiger charge is 2.73. The van der Waals surface area contributed by atoms with E-state index in [4.69, 9.17) is 0 Å². The van der Waals surface area contributed by atoms with Crippen molar-refractivity contribution in [3.63, 3.8) is 0 Å². The van der Waals surface area contributed by atoms with Gasteiger partial charge in [-0.1, -0.05) is 43.7 Å². The van der Waals surface area contributed by atoms with Crippen LogP contribution in [0, 0.1) is 11.8 Å². The highest BCUT2D eigenvalue weighted by Crippen LogP contribution is 2.66. The molecule has 2 bridgehead atoms. The fraction of sp³-hybridized carbons (Fsp3) is 0.625. The van der Waals surface area contributed by atoms with Crippen LogP contribution in [0.2, 0.25) is 0 Å². The number of rotatable bonds is 9. The summed E-state index contributed by atoms with van der Waals surface area (Å²) in [6, 6.07) is 9.08. The number of amides is 3. The predicted molar refractivity (Wildman–Crippen MR) is 124 cm³/mol. The number of aliphatic hydroxyl groups excluding tert-OH is 1. The minimum atomic E-state index is -0.645. The van der Waals surface area contributed by atoms with E-state index in [0.717, 1.165) is 31.2 Å². The third-order valence-corrected chi connectivity index (χ3v) is 9.06. The average Bonchev–Trinajstić information content (AvgIpc) is 3.41. The molecule has 0 aromatic heterocycles. The zero-order valence-electron chi connectivity index (χ0n) is 18.8. The number of benzene rings is 1. The molecule has 1 aromatic carbocycles. The molecule has 4 rings (SSSR count). The van der Waals surface area contributed by atoms with Crippen LogP contribution in [0.3, 0.4) is 0 Å². The topological polar surface area (TPSA) is 98.7 Å². The summed E-state index contributed by atoms with van der Waals surface area (Å²) in [5.41, 5.74) is 1.01. The molecule has 3 unspecified atom stereocenters. The highest BCUT2D eigenvalue weighted by atomic mass is 32.2. The van der Waals surface area contributed by atoms with Crippen molar-refractivity contribution >= 4 is 29.5 Å². The van der Waals surface area contributed by atoms with E-state index >= 15 is 0 Å². The van der Waals surface area contributed by atoms with Gasteiger partial charge in [-0.05, 0) is 31.7 Å². The summed E-state index contributed by atoms with van der Waals surface area (Å²) < 4.78 is -0.596. The molecule has 1 spiro atoms. The van der Waals surface area contributed by atoms with Crippen LogP contribution in [0.15, 0.2) is 30.3 Å². The summed E-state index contributed by atoms with van der Waals surface area (Å²) in [5.74, 6) is -1.41. The van der Waals surface area contributed by atoms with Gasteiger partial charge >= 0.3 is 0 Å². The van der Waals surface area contributed by atoms with Crippen LogP contribution in [0.25, 0.3) is 0 Å². The Labute approximate surface area is 193 Å². The van der Waals surface area contributed by atoms with Gasteiger partial charge in [-0.3, -0.25) is 14.4 Å². The molecule has 0 radical (unpaired) electrons. The first-order chi connectivity index (χ1) is 15.4. The molecule has 3 aliphatic heterocycles. The van der Waals surface area contributed by atoms with E-state index in [1.54, 1.807) is 11.8 Å². The smallest absolute Gasteiger partial charge is 0.244 e. The largest absolute Gasteiger partial charge is 0.395 e. The fourth-order valence-corrected chi connectivity index (χ4v) is 8.05. The van der Waals surface area contributed by atoms with Gasteiger partial charge in [0.1, 0.15) is 6.04 Å². The quantitative estimate of drug-likeness (QED) is 0.522. The summed E-state index contributed by atoms with van der Waals surface area (Å²) in [6.07, 6.45) is 3.38. The maximum Gasteiger partial charge on any atom is 0.244 e. The van der Waals surface area contributed by atoms with Crippen LogP contribution in [0.4, 0.5) is 0 Å². The number of carbonyl (C=O) groups is 3. The fourth-order valence-electron chi connectivity index (χ4n) is 5.83. The number of nitrogens with one attached hydrogen (secondary N) is 2. The molecule has 1 aromatic rings. The molecule has 3 N–H and O–H groups in total. The van der Waals surface area contributed by atoms with Gasteiger partial charge in [-0.25, -0.2) is 0 Å². The number of nitrogens with zero attached hydrogens (tertiary/aromatic N) is 1. The van der Waals surface area contributed by atoms with Gasteiger partial charge in [-0.15, -0.1) is 11.8 Å². The Balaban J connectivity index is 1.56. The summed E-state index contributed by atoms with van der Waals surface area (Å²) in [4.78, 5) is 41.7. The van der Waals surface area contributed by atoms with E-state index in [2.05, 4.69) is 17.6 Å². The second-order valence-corrected chi connectivity index (χ2v) is 10.8. The van der Waals surface area contributed by atoms with Gasteiger partial charge in [0, 0.05) is 24.4 Å². The average molecular weight is 460 g/mol. The Bertz CT molecular complexity index is 866. The molecule has 6 atom stereocenters. The standard InChI is InChI=1S/C24H33N3O4S/c1-3-7-15(2)26-22(30)20-24-11-10-17(32-24)18(19(24)23(31)27(20)12-13-28)21(29)25-14-16-8-5-4-6-9-16/h4-6,8-9,15,17-20,28H,3,7,10-14H2,1-2H3,(H,25,29)(H,26,30)/t15?,17-,18+,19+,20?,24?/m1/s1. The van der Waals surface area contributed by atoms with E-state index < -0.39 is 22.6 Å². The Hall–Kier alpha value is -2.06. The Morgan fingerprint density at radius 3 is 2.72 bits per heavy atom. The molecule has 32 heavy (non-hydrogen) atoms. The van der Waals surface area contributed by atoms with Crippen molar-refractivity contribution in [2.24, 2.45) is 11.8 Å². The predicted octanol–water partition coefficient (Wildman–Crippen LogP) is 1.69. The Kier molecular flexibility index (Phi) is 6.81. The van der Waals surface area contributed by atoms with Gasteiger partial charge in [0.2, 0.25) is 17.7 Å². The molecule has 174 valence electrons. The number of likely N-dealkylation sites (tertiary alicyclic amines) is 1. The number of carbonyl (C=O) groups excluding carboxylic acids is 3. The SMILES string of the molecule is CCCC(C)NC(=O)C1N(CCO)C(=O)[C@@H]2[C@@H](C(=O)NCc3ccccc3)[C@H]3CCC12S3. The highest BCUT2D eigenvalue weighted by molar-refractivity contribution is 8.02. The van der Waals surface area contributed by atoms with Crippen LogP contribution in [0.5, 0.6) is 0 Å². The van der Waals surface area contributed by atoms with Gasteiger partial charge < -0.3 is 20.6 Å². The van der Waals surface area contributed by atoms with E-state index in [0.29, 0.717) is 6.54 Å². The van der Waals surface area contributed by atoms with Crippen LogP contribution in [-0.4, -0.2) is 63.0 Å². The second kappa shape index (κ2) is 9.43. The number of hydrogen-bond donors (Lipinski definition) is 3. The molecular formula is C24H33N3O4S. The first-order valence-corrected chi connectivity index (χ1v) is 12.5.